The van der Waals surface area contributed by atoms with Gasteiger partial charge < -0.3 is 5.73 Å². The third-order valence-electron chi connectivity index (χ3n) is 4.65. The highest BCUT2D eigenvalue weighted by Crippen LogP contribution is 2.32. The first-order chi connectivity index (χ1) is 10.8. The number of hydrogen-bond acceptors (Lipinski definition) is 5. The van der Waals surface area contributed by atoms with Crippen molar-refractivity contribution in [3.63, 3.8) is 0 Å². The number of nitrogens with two attached hydrogens (primary N) is 1. The maximum atomic E-state index is 12.8. The van der Waals surface area contributed by atoms with Gasteiger partial charge in [0.25, 0.3) is 5.69 Å². The normalized spacial score (nSPS) is 17.3. The highest BCUT2D eigenvalue weighted by molar-refractivity contribution is 7.89. The first-order valence-corrected chi connectivity index (χ1v) is 9.23. The lowest BCUT2D eigenvalue weighted by Gasteiger charge is -2.23. The van der Waals surface area contributed by atoms with E-state index in [1.165, 1.54) is 6.07 Å². The molecule has 1 unspecified atom stereocenters. The van der Waals surface area contributed by atoms with Crippen LogP contribution in [0.15, 0.2) is 17.0 Å². The smallest absolute Gasteiger partial charge is 0.289 e. The molecule has 3 N–H and O–H groups in total. The van der Waals surface area contributed by atoms with Crippen molar-refractivity contribution in [1.82, 2.24) is 4.72 Å². The maximum Gasteiger partial charge on any atom is 0.289 e. The fraction of sp³-hybridized carbons (Fsp3) is 0.600. The Morgan fingerprint density at radius 3 is 2.48 bits per heavy atom. The molecule has 0 radical (unpaired) electrons. The molecular weight excluding hydrogens is 318 g/mol. The molecule has 0 aromatic heterocycles. The summed E-state index contributed by atoms with van der Waals surface area (Å²) in [5, 5.41) is 11.2. The van der Waals surface area contributed by atoms with Gasteiger partial charge in [0.15, 0.2) is 4.90 Å². The molecule has 23 heavy (non-hydrogen) atoms. The van der Waals surface area contributed by atoms with Gasteiger partial charge >= 0.3 is 0 Å². The van der Waals surface area contributed by atoms with E-state index in [2.05, 4.69) is 4.72 Å². The quantitative estimate of drug-likeness (QED) is 0.606. The number of nitrogens with zero attached hydrogens (tertiary/aromatic N) is 1. The van der Waals surface area contributed by atoms with Gasteiger partial charge in [-0.3, -0.25) is 10.1 Å². The Balaban J connectivity index is 2.42. The van der Waals surface area contributed by atoms with Gasteiger partial charge in [-0.1, -0.05) is 18.9 Å². The molecule has 1 aromatic carbocycles. The lowest BCUT2D eigenvalue weighted by molar-refractivity contribution is -0.387. The summed E-state index contributed by atoms with van der Waals surface area (Å²) in [5.41, 5.74) is 6.44. The third-order valence-corrected chi connectivity index (χ3v) is 6.32. The minimum atomic E-state index is -4.01. The van der Waals surface area contributed by atoms with Crippen LogP contribution in [-0.4, -0.2) is 25.9 Å². The maximum absolute atomic E-state index is 12.8. The number of nitro groups is 1. The van der Waals surface area contributed by atoms with Gasteiger partial charge in [0.1, 0.15) is 0 Å². The zero-order valence-corrected chi connectivity index (χ0v) is 14.2. The zero-order valence-electron chi connectivity index (χ0n) is 13.4. The second kappa shape index (κ2) is 6.94. The van der Waals surface area contributed by atoms with E-state index in [1.54, 1.807) is 19.9 Å². The van der Waals surface area contributed by atoms with Crippen molar-refractivity contribution in [1.29, 1.82) is 0 Å². The van der Waals surface area contributed by atoms with Gasteiger partial charge in [0.2, 0.25) is 10.0 Å². The molecule has 0 heterocycles. The van der Waals surface area contributed by atoms with Gasteiger partial charge in [0, 0.05) is 18.7 Å². The molecule has 0 aliphatic heterocycles. The molecule has 128 valence electrons. The Bertz CT molecular complexity index is 697. The number of benzene rings is 1. The molecule has 1 saturated carbocycles. The Labute approximate surface area is 136 Å². The van der Waals surface area contributed by atoms with Crippen molar-refractivity contribution < 1.29 is 13.3 Å². The van der Waals surface area contributed by atoms with Gasteiger partial charge in [-0.05, 0) is 43.7 Å². The molecule has 2 rings (SSSR count). The summed E-state index contributed by atoms with van der Waals surface area (Å²) in [6, 6.07) is 2.41. The van der Waals surface area contributed by atoms with E-state index in [4.69, 9.17) is 5.73 Å². The third kappa shape index (κ3) is 3.70. The summed E-state index contributed by atoms with van der Waals surface area (Å²) in [6.45, 7) is 3.50. The van der Waals surface area contributed by atoms with E-state index in [0.717, 1.165) is 25.7 Å². The van der Waals surface area contributed by atoms with Crippen LogP contribution in [0.2, 0.25) is 0 Å². The van der Waals surface area contributed by atoms with E-state index in [-0.39, 0.29) is 23.4 Å². The van der Waals surface area contributed by atoms with Crippen LogP contribution in [0, 0.1) is 29.9 Å². The first-order valence-electron chi connectivity index (χ1n) is 7.75. The highest BCUT2D eigenvalue weighted by atomic mass is 32.2. The number of sulfonamides is 1. The van der Waals surface area contributed by atoms with Crippen molar-refractivity contribution in [2.45, 2.75) is 50.5 Å². The van der Waals surface area contributed by atoms with Crippen molar-refractivity contribution in [2.75, 3.05) is 6.54 Å². The van der Waals surface area contributed by atoms with Crippen LogP contribution >= 0.6 is 0 Å². The number of aryl methyl sites for hydroxylation is 1. The number of rotatable bonds is 6. The molecular formula is C15H23N3O4S. The predicted molar refractivity (Wildman–Crippen MR) is 87.7 cm³/mol. The number of nitro benzene ring substituents is 1. The van der Waals surface area contributed by atoms with Crippen LogP contribution in [0.3, 0.4) is 0 Å². The molecule has 0 spiro atoms. The summed E-state index contributed by atoms with van der Waals surface area (Å²) in [7, 11) is -4.01. The molecule has 7 nitrogen and oxygen atoms in total. The minimum absolute atomic E-state index is 0.183. The predicted octanol–water partition coefficient (Wildman–Crippen LogP) is 2.01. The van der Waals surface area contributed by atoms with Crippen LogP contribution in [0.1, 0.15) is 36.8 Å². The average molecular weight is 341 g/mol. The standard InChI is InChI=1S/C15H23N3O4S/c1-10-7-8-14(18(19)20)15(11(10)2)23(21,22)17-13(9-16)12-5-3-4-6-12/h7-8,12-13,17H,3-6,9,16H2,1-2H3. The van der Waals surface area contributed by atoms with Gasteiger partial charge in [-0.15, -0.1) is 0 Å². The van der Waals surface area contributed by atoms with Gasteiger partial charge in [-0.2, -0.15) is 0 Å². The summed E-state index contributed by atoms with van der Waals surface area (Å²) >= 11 is 0. The van der Waals surface area contributed by atoms with Crippen molar-refractivity contribution in [3.8, 4) is 0 Å². The average Bonchev–Trinajstić information content (AvgIpc) is 3.01. The molecule has 1 fully saturated rings. The lowest BCUT2D eigenvalue weighted by Crippen LogP contribution is -2.44. The summed E-state index contributed by atoms with van der Waals surface area (Å²) < 4.78 is 28.2. The summed E-state index contributed by atoms with van der Waals surface area (Å²) in [5.74, 6) is 0.193. The van der Waals surface area contributed by atoms with Gasteiger partial charge in [0.05, 0.1) is 4.92 Å². The van der Waals surface area contributed by atoms with E-state index in [0.29, 0.717) is 11.1 Å². The van der Waals surface area contributed by atoms with Crippen molar-refractivity contribution >= 4 is 15.7 Å². The van der Waals surface area contributed by atoms with Crippen LogP contribution in [-0.2, 0) is 10.0 Å². The minimum Gasteiger partial charge on any atom is -0.329 e. The molecule has 1 aliphatic rings. The molecule has 1 aromatic rings. The fourth-order valence-electron chi connectivity index (χ4n) is 3.21. The molecule has 1 atom stereocenters. The molecule has 0 saturated heterocycles. The van der Waals surface area contributed by atoms with E-state index < -0.39 is 20.6 Å². The van der Waals surface area contributed by atoms with Crippen LogP contribution in [0.5, 0.6) is 0 Å². The Kier molecular flexibility index (Phi) is 5.38. The molecule has 1 aliphatic carbocycles. The van der Waals surface area contributed by atoms with Crippen molar-refractivity contribution in [2.24, 2.45) is 11.7 Å². The van der Waals surface area contributed by atoms with E-state index in [1.807, 2.05) is 0 Å². The summed E-state index contributed by atoms with van der Waals surface area (Å²) in [6.07, 6.45) is 3.98. The molecule has 8 heteroatoms. The zero-order chi connectivity index (χ0) is 17.2. The fourth-order valence-corrected chi connectivity index (χ4v) is 5.00. The lowest BCUT2D eigenvalue weighted by atomic mass is 9.99. The topological polar surface area (TPSA) is 115 Å². The summed E-state index contributed by atoms with van der Waals surface area (Å²) in [4.78, 5) is 10.3. The molecule has 0 bridgehead atoms. The van der Waals surface area contributed by atoms with E-state index in [9.17, 15) is 18.5 Å². The second-order valence-electron chi connectivity index (χ2n) is 6.12. The SMILES string of the molecule is Cc1ccc([N+](=O)[O-])c(S(=O)(=O)NC(CN)C2CCCC2)c1C. The molecule has 0 amide bonds. The Hall–Kier alpha value is -1.51. The monoisotopic (exact) mass is 341 g/mol. The highest BCUT2D eigenvalue weighted by Gasteiger charge is 2.33. The first kappa shape index (κ1) is 17.8. The largest absolute Gasteiger partial charge is 0.329 e. The Morgan fingerprint density at radius 2 is 1.96 bits per heavy atom. The second-order valence-corrected chi connectivity index (χ2v) is 7.77. The van der Waals surface area contributed by atoms with Crippen molar-refractivity contribution in [3.05, 3.63) is 33.4 Å². The number of nitrogens with one attached hydrogen (secondary N) is 1. The van der Waals surface area contributed by atoms with Gasteiger partial charge in [-0.25, -0.2) is 13.1 Å². The van der Waals surface area contributed by atoms with Crippen LogP contribution < -0.4 is 10.5 Å². The Morgan fingerprint density at radius 1 is 1.35 bits per heavy atom. The van der Waals surface area contributed by atoms with Crippen LogP contribution in [0.25, 0.3) is 0 Å². The number of hydrogen-bond donors (Lipinski definition) is 2. The van der Waals surface area contributed by atoms with E-state index >= 15 is 0 Å². The van der Waals surface area contributed by atoms with Crippen LogP contribution in [0.4, 0.5) is 5.69 Å².